The number of nitrogens with zero attached hydrogens (tertiary/aromatic N) is 2. The van der Waals surface area contributed by atoms with E-state index in [1.54, 1.807) is 49.9 Å². The summed E-state index contributed by atoms with van der Waals surface area (Å²) >= 11 is 3.27. The fourth-order valence-electron chi connectivity index (χ4n) is 4.01. The molecule has 1 aromatic carbocycles. The van der Waals surface area contributed by atoms with E-state index in [0.29, 0.717) is 18.9 Å². The maximum absolute atomic E-state index is 12.4. The zero-order valence-electron chi connectivity index (χ0n) is 26.4. The Bertz CT molecular complexity index is 1340. The summed E-state index contributed by atoms with van der Waals surface area (Å²) < 4.78 is 5.13. The number of carboxylic acid groups (broad SMARTS) is 1. The van der Waals surface area contributed by atoms with Crippen molar-refractivity contribution in [1.82, 2.24) is 14.9 Å². The fourth-order valence-corrected chi connectivity index (χ4v) is 5.58. The first-order valence-electron chi connectivity index (χ1n) is 14.2. The SMILES string of the molecule is CC.CC.CC(C)(C)OC(=O)N1CCCC1C(=O)O.CSc1ccc2c(=O)cc(-c3nc(C(C)C)cs3)[nH]c2c1C. The van der Waals surface area contributed by atoms with Crippen molar-refractivity contribution in [2.75, 3.05) is 12.8 Å². The molecule has 0 saturated carbocycles. The lowest BCUT2D eigenvalue weighted by atomic mass is 10.1. The zero-order chi connectivity index (χ0) is 31.5. The van der Waals surface area contributed by atoms with Crippen LogP contribution in [0.3, 0.4) is 0 Å². The summed E-state index contributed by atoms with van der Waals surface area (Å²) in [7, 11) is 0. The van der Waals surface area contributed by atoms with Gasteiger partial charge in [-0.2, -0.15) is 0 Å². The second kappa shape index (κ2) is 16.6. The summed E-state index contributed by atoms with van der Waals surface area (Å²) in [6.45, 7) is 20.0. The van der Waals surface area contributed by atoms with E-state index in [0.717, 1.165) is 39.3 Å². The van der Waals surface area contributed by atoms with Crippen LogP contribution in [0.25, 0.3) is 21.6 Å². The quantitative estimate of drug-likeness (QED) is 0.288. The second-order valence-electron chi connectivity index (χ2n) is 10.3. The van der Waals surface area contributed by atoms with Crippen LogP contribution >= 0.6 is 23.1 Å². The number of carbonyl (C=O) groups is 2. The minimum absolute atomic E-state index is 0.0424. The van der Waals surface area contributed by atoms with Crippen LogP contribution < -0.4 is 5.43 Å². The average Bonchev–Trinajstić information content (AvgIpc) is 3.62. The van der Waals surface area contributed by atoms with Crippen LogP contribution in [0.5, 0.6) is 0 Å². The van der Waals surface area contributed by atoms with Gasteiger partial charge in [-0.3, -0.25) is 9.69 Å². The molecule has 0 spiro atoms. The number of pyridine rings is 1. The third kappa shape index (κ3) is 9.88. The highest BCUT2D eigenvalue weighted by Gasteiger charge is 2.36. The topological polar surface area (TPSA) is 113 Å². The van der Waals surface area contributed by atoms with Gasteiger partial charge in [0.25, 0.3) is 0 Å². The van der Waals surface area contributed by atoms with Crippen molar-refractivity contribution in [3.63, 3.8) is 0 Å². The molecule has 1 fully saturated rings. The molecule has 0 bridgehead atoms. The molecule has 4 rings (SSSR count). The Morgan fingerprint density at radius 3 is 2.34 bits per heavy atom. The number of carboxylic acids is 1. The minimum Gasteiger partial charge on any atom is -0.480 e. The number of amides is 1. The van der Waals surface area contributed by atoms with Crippen molar-refractivity contribution in [2.24, 2.45) is 0 Å². The Balaban J connectivity index is 0.000000388. The van der Waals surface area contributed by atoms with E-state index in [9.17, 15) is 14.4 Å². The standard InChI is InChI=1S/C17H18N2OS2.C10H17NO4.2C2H6/c1-9(2)13-8-22-17(19-13)12-7-14(20)11-5-6-15(21-4)10(3)16(11)18-12;1-10(2,3)15-9(14)11-6-4-5-7(11)8(12)13;2*1-2/h5-9H,1-4H3,(H,18,20);7H,4-6H2,1-3H3,(H,12,13);2*1-2H3. The normalized spacial score (nSPS) is 14.3. The number of aromatic amines is 1. The number of hydrogen-bond acceptors (Lipinski definition) is 7. The van der Waals surface area contributed by atoms with Gasteiger partial charge in [-0.05, 0) is 70.4 Å². The first-order valence-corrected chi connectivity index (χ1v) is 16.3. The summed E-state index contributed by atoms with van der Waals surface area (Å²) in [5.74, 6) is -0.569. The Morgan fingerprint density at radius 2 is 1.83 bits per heavy atom. The number of nitrogens with one attached hydrogen (secondary N) is 1. The molecule has 1 unspecified atom stereocenters. The van der Waals surface area contributed by atoms with Crippen LogP contribution in [-0.2, 0) is 9.53 Å². The molecule has 2 N–H and O–H groups in total. The summed E-state index contributed by atoms with van der Waals surface area (Å²) in [6, 6.07) is 4.85. The number of H-pyrrole nitrogens is 1. The lowest BCUT2D eigenvalue weighted by Gasteiger charge is -2.26. The van der Waals surface area contributed by atoms with Crippen molar-refractivity contribution in [1.29, 1.82) is 0 Å². The van der Waals surface area contributed by atoms with Gasteiger partial charge in [-0.15, -0.1) is 23.1 Å². The zero-order valence-corrected chi connectivity index (χ0v) is 28.0. The largest absolute Gasteiger partial charge is 0.480 e. The van der Waals surface area contributed by atoms with Gasteiger partial charge in [-0.25, -0.2) is 14.6 Å². The molecule has 1 saturated heterocycles. The highest BCUT2D eigenvalue weighted by molar-refractivity contribution is 7.98. The molecule has 3 heterocycles. The summed E-state index contributed by atoms with van der Waals surface area (Å²) in [5, 5.41) is 12.6. The molecular weight excluding hydrogens is 558 g/mol. The van der Waals surface area contributed by atoms with Crippen LogP contribution in [0, 0.1) is 6.92 Å². The number of aryl methyl sites for hydroxylation is 1. The number of hydrogen-bond donors (Lipinski definition) is 2. The van der Waals surface area contributed by atoms with E-state index in [-0.39, 0.29) is 5.43 Å². The Morgan fingerprint density at radius 1 is 1.20 bits per heavy atom. The highest BCUT2D eigenvalue weighted by Crippen LogP contribution is 2.29. The van der Waals surface area contributed by atoms with Crippen LogP contribution in [0.2, 0.25) is 0 Å². The summed E-state index contributed by atoms with van der Waals surface area (Å²) in [4.78, 5) is 45.4. The number of aromatic nitrogens is 2. The Labute approximate surface area is 252 Å². The van der Waals surface area contributed by atoms with E-state index in [1.165, 1.54) is 9.80 Å². The van der Waals surface area contributed by atoms with Gasteiger partial charge >= 0.3 is 12.1 Å². The molecule has 1 amide bonds. The van der Waals surface area contributed by atoms with E-state index < -0.39 is 23.7 Å². The van der Waals surface area contributed by atoms with Crippen LogP contribution in [0.4, 0.5) is 4.79 Å². The molecule has 1 atom stereocenters. The van der Waals surface area contributed by atoms with Gasteiger partial charge in [-0.1, -0.05) is 41.5 Å². The van der Waals surface area contributed by atoms with Crippen molar-refractivity contribution >= 4 is 46.1 Å². The molecule has 8 nitrogen and oxygen atoms in total. The van der Waals surface area contributed by atoms with Gasteiger partial charge < -0.3 is 14.8 Å². The van der Waals surface area contributed by atoms with Gasteiger partial charge in [0.1, 0.15) is 16.7 Å². The number of rotatable bonds is 4. The van der Waals surface area contributed by atoms with Crippen LogP contribution in [0.15, 0.2) is 33.3 Å². The average molecular weight is 606 g/mol. The van der Waals surface area contributed by atoms with Crippen molar-refractivity contribution in [2.45, 2.75) is 105 Å². The van der Waals surface area contributed by atoms with Gasteiger partial charge in [0.15, 0.2) is 5.43 Å². The van der Waals surface area contributed by atoms with Gasteiger partial charge in [0.2, 0.25) is 0 Å². The minimum atomic E-state index is -0.960. The molecular formula is C31H47N3O5S2. The number of likely N-dealkylation sites (tertiary alicyclic amines) is 1. The molecule has 0 aliphatic carbocycles. The number of aliphatic carboxylic acids is 1. The molecule has 0 radical (unpaired) electrons. The third-order valence-corrected chi connectivity index (χ3v) is 7.72. The first-order chi connectivity index (χ1) is 19.3. The lowest BCUT2D eigenvalue weighted by molar-refractivity contribution is -0.142. The highest BCUT2D eigenvalue weighted by atomic mass is 32.2. The second-order valence-corrected chi connectivity index (χ2v) is 12.0. The van der Waals surface area contributed by atoms with Gasteiger partial charge in [0, 0.05) is 28.3 Å². The number of fused-ring (bicyclic) bond motifs is 1. The van der Waals surface area contributed by atoms with Crippen molar-refractivity contribution in [3.8, 4) is 10.7 Å². The Hall–Kier alpha value is -2.85. The van der Waals surface area contributed by atoms with E-state index in [2.05, 4.69) is 36.1 Å². The molecule has 1 aliphatic heterocycles. The number of benzene rings is 1. The number of carbonyl (C=O) groups excluding carboxylic acids is 1. The Kier molecular flexibility index (Phi) is 14.6. The van der Waals surface area contributed by atoms with Crippen molar-refractivity contribution < 1.29 is 19.4 Å². The van der Waals surface area contributed by atoms with E-state index in [4.69, 9.17) is 9.84 Å². The van der Waals surface area contributed by atoms with E-state index in [1.807, 2.05) is 46.1 Å². The van der Waals surface area contributed by atoms with Crippen molar-refractivity contribution in [3.05, 3.63) is 45.1 Å². The molecule has 1 aliphatic rings. The third-order valence-electron chi connectivity index (χ3n) is 5.95. The lowest BCUT2D eigenvalue weighted by Crippen LogP contribution is -2.43. The predicted octanol–water partition coefficient (Wildman–Crippen LogP) is 8.33. The number of thiazole rings is 1. The number of ether oxygens (including phenoxy) is 1. The maximum Gasteiger partial charge on any atom is 0.411 e. The molecule has 3 aromatic rings. The summed E-state index contributed by atoms with van der Waals surface area (Å²) in [5.41, 5.74) is 3.36. The predicted molar refractivity (Wildman–Crippen MR) is 173 cm³/mol. The first kappa shape index (κ1) is 36.2. The fraction of sp³-hybridized carbons (Fsp3) is 0.548. The maximum atomic E-state index is 12.4. The smallest absolute Gasteiger partial charge is 0.411 e. The number of thioether (sulfide) groups is 1. The molecule has 41 heavy (non-hydrogen) atoms. The monoisotopic (exact) mass is 605 g/mol. The van der Waals surface area contributed by atoms with E-state index >= 15 is 0 Å². The van der Waals surface area contributed by atoms with Crippen LogP contribution in [0.1, 0.15) is 92.3 Å². The van der Waals surface area contributed by atoms with Gasteiger partial charge in [0.05, 0.1) is 16.9 Å². The molecule has 2 aromatic heterocycles. The van der Waals surface area contributed by atoms with Crippen LogP contribution in [-0.4, -0.2) is 56.5 Å². The molecule has 10 heteroatoms. The summed E-state index contributed by atoms with van der Waals surface area (Å²) in [6.07, 6.45) is 2.74. The molecule has 228 valence electrons.